The minimum atomic E-state index is -1.06. The van der Waals surface area contributed by atoms with Gasteiger partial charge in [-0.05, 0) is 55.7 Å². The molecule has 0 radical (unpaired) electrons. The van der Waals surface area contributed by atoms with Crippen molar-refractivity contribution in [3.63, 3.8) is 0 Å². The molecule has 0 unspecified atom stereocenters. The van der Waals surface area contributed by atoms with Crippen molar-refractivity contribution in [1.82, 2.24) is 9.80 Å². The monoisotopic (exact) mass is 507 g/mol. The van der Waals surface area contributed by atoms with Crippen LogP contribution in [0.5, 0.6) is 11.5 Å². The number of piperidine rings is 3. The Morgan fingerprint density at radius 1 is 1.11 bits per heavy atom. The molecule has 6 heterocycles. The highest BCUT2D eigenvalue weighted by Crippen LogP contribution is 2.72. The number of benzene rings is 1. The van der Waals surface area contributed by atoms with Crippen LogP contribution in [0.25, 0.3) is 0 Å². The highest BCUT2D eigenvalue weighted by Gasteiger charge is 2.80. The lowest BCUT2D eigenvalue weighted by atomic mass is 9.56. The van der Waals surface area contributed by atoms with E-state index in [-0.39, 0.29) is 36.5 Å². The number of amides is 3. The zero-order valence-corrected chi connectivity index (χ0v) is 21.9. The third-order valence-corrected chi connectivity index (χ3v) is 10.6. The molecule has 2 bridgehead atoms. The fourth-order valence-electron chi connectivity index (χ4n) is 8.80. The molecule has 8 rings (SSSR count). The van der Waals surface area contributed by atoms with Gasteiger partial charge in [0.25, 0.3) is 0 Å². The van der Waals surface area contributed by atoms with Crippen molar-refractivity contribution in [2.45, 2.75) is 81.6 Å². The summed E-state index contributed by atoms with van der Waals surface area (Å²) in [5.41, 5.74) is -2.36. The molecule has 1 aromatic rings. The van der Waals surface area contributed by atoms with Gasteiger partial charge in [0, 0.05) is 20.0 Å². The number of rotatable bonds is 0. The van der Waals surface area contributed by atoms with Gasteiger partial charge in [-0.1, -0.05) is 19.9 Å². The van der Waals surface area contributed by atoms with Crippen LogP contribution in [0.1, 0.15) is 58.9 Å². The molecule has 5 fully saturated rings. The number of hydrogen-bond donors (Lipinski definition) is 2. The molecule has 9 nitrogen and oxygen atoms in total. The standard InChI is InChI=1S/C28H33N3O6/c1-24(2)8-9-36-21-17(37-24)7-6-16-20(21)29-22(34)28(16)13-27-14-31-19(33)10-15(32)11-26(31,23(35)30(27)5)12-18(27)25(28,3)4/h6-9,15,18,32H,10-14H2,1-5H3,(H,29,34)/t15-,18-,26-,27+,28+/m0/s1. The van der Waals surface area contributed by atoms with Crippen molar-refractivity contribution in [3.8, 4) is 11.5 Å². The summed E-state index contributed by atoms with van der Waals surface area (Å²) >= 11 is 0. The number of aliphatic hydroxyl groups is 1. The second-order valence-corrected chi connectivity index (χ2v) is 13.0. The summed E-state index contributed by atoms with van der Waals surface area (Å²) < 4.78 is 12.2. The smallest absolute Gasteiger partial charge is 0.248 e. The molecular weight excluding hydrogens is 474 g/mol. The van der Waals surface area contributed by atoms with Gasteiger partial charge in [0.2, 0.25) is 17.7 Å². The van der Waals surface area contributed by atoms with E-state index in [1.165, 1.54) is 0 Å². The van der Waals surface area contributed by atoms with E-state index in [0.717, 1.165) is 5.56 Å². The van der Waals surface area contributed by atoms with Crippen LogP contribution >= 0.6 is 0 Å². The van der Waals surface area contributed by atoms with E-state index in [2.05, 4.69) is 19.2 Å². The Hall–Kier alpha value is -3.07. The Bertz CT molecular complexity index is 1340. The molecule has 1 aliphatic carbocycles. The Labute approximate surface area is 215 Å². The van der Waals surface area contributed by atoms with Crippen LogP contribution in [0.2, 0.25) is 0 Å². The second-order valence-electron chi connectivity index (χ2n) is 13.0. The molecule has 3 amide bonds. The van der Waals surface area contributed by atoms with Gasteiger partial charge in [-0.25, -0.2) is 0 Å². The average Bonchev–Trinajstić information content (AvgIpc) is 3.12. The first-order valence-corrected chi connectivity index (χ1v) is 13.1. The number of aliphatic hydroxyl groups excluding tert-OH is 1. The first-order chi connectivity index (χ1) is 17.3. The highest BCUT2D eigenvalue weighted by atomic mass is 16.5. The zero-order chi connectivity index (χ0) is 26.3. The summed E-state index contributed by atoms with van der Waals surface area (Å²) in [5, 5.41) is 13.7. The van der Waals surface area contributed by atoms with Gasteiger partial charge >= 0.3 is 0 Å². The van der Waals surface area contributed by atoms with E-state index in [9.17, 15) is 19.5 Å². The Morgan fingerprint density at radius 3 is 2.62 bits per heavy atom. The third kappa shape index (κ3) is 2.43. The van der Waals surface area contributed by atoms with Crippen molar-refractivity contribution in [2.75, 3.05) is 18.9 Å². The number of nitrogens with one attached hydrogen (secondary N) is 1. The van der Waals surface area contributed by atoms with Gasteiger partial charge in [0.1, 0.15) is 11.1 Å². The average molecular weight is 508 g/mol. The van der Waals surface area contributed by atoms with Gasteiger partial charge in [0.15, 0.2) is 11.5 Å². The summed E-state index contributed by atoms with van der Waals surface area (Å²) in [4.78, 5) is 44.7. The molecule has 3 spiro atoms. The highest BCUT2D eigenvalue weighted by molar-refractivity contribution is 6.10. The van der Waals surface area contributed by atoms with Crippen LogP contribution in [0, 0.1) is 11.3 Å². The van der Waals surface area contributed by atoms with Gasteiger partial charge in [-0.15, -0.1) is 0 Å². The number of likely N-dealkylation sites (N-methyl/N-ethyl adjacent to an activating group) is 1. The topological polar surface area (TPSA) is 108 Å². The number of carbonyl (C=O) groups is 3. The molecule has 6 aliphatic heterocycles. The predicted octanol–water partition coefficient (Wildman–Crippen LogP) is 2.32. The maximum Gasteiger partial charge on any atom is 0.248 e. The van der Waals surface area contributed by atoms with Crippen molar-refractivity contribution < 1.29 is 29.0 Å². The number of ether oxygens (including phenoxy) is 2. The van der Waals surface area contributed by atoms with Gasteiger partial charge in [0.05, 0.1) is 35.4 Å². The molecule has 2 N–H and O–H groups in total. The number of carbonyl (C=O) groups excluding carboxylic acids is 3. The van der Waals surface area contributed by atoms with E-state index >= 15 is 0 Å². The van der Waals surface area contributed by atoms with E-state index in [0.29, 0.717) is 36.6 Å². The fraction of sp³-hybridized carbons (Fsp3) is 0.607. The van der Waals surface area contributed by atoms with Crippen molar-refractivity contribution in [2.24, 2.45) is 11.3 Å². The lowest BCUT2D eigenvalue weighted by molar-refractivity contribution is -0.206. The second kappa shape index (κ2) is 6.49. The molecule has 7 aliphatic rings. The van der Waals surface area contributed by atoms with Gasteiger partial charge in [-0.2, -0.15) is 0 Å². The van der Waals surface area contributed by atoms with Crippen LogP contribution in [0.15, 0.2) is 24.5 Å². The molecule has 37 heavy (non-hydrogen) atoms. The summed E-state index contributed by atoms with van der Waals surface area (Å²) in [6, 6.07) is 3.83. The summed E-state index contributed by atoms with van der Waals surface area (Å²) in [5.74, 6) is 0.561. The minimum absolute atomic E-state index is 0.0324. The molecular formula is C28H33N3O6. The van der Waals surface area contributed by atoms with Crippen LogP contribution < -0.4 is 14.8 Å². The maximum atomic E-state index is 14.2. The van der Waals surface area contributed by atoms with Crippen molar-refractivity contribution in [1.29, 1.82) is 0 Å². The number of fused-ring (bicyclic) bond motifs is 5. The Balaban J connectivity index is 1.41. The lowest BCUT2D eigenvalue weighted by Gasteiger charge is -2.67. The number of anilines is 1. The van der Waals surface area contributed by atoms with Crippen molar-refractivity contribution >= 4 is 23.4 Å². The summed E-state index contributed by atoms with van der Waals surface area (Å²) in [7, 11) is 1.81. The number of nitrogens with zero attached hydrogens (tertiary/aromatic N) is 2. The van der Waals surface area contributed by atoms with Crippen LogP contribution in [0.4, 0.5) is 5.69 Å². The molecule has 1 aromatic carbocycles. The van der Waals surface area contributed by atoms with Gasteiger partial charge < -0.3 is 29.7 Å². The minimum Gasteiger partial charge on any atom is -0.480 e. The first-order valence-electron chi connectivity index (χ1n) is 13.1. The van der Waals surface area contributed by atoms with Gasteiger partial charge in [-0.3, -0.25) is 14.4 Å². The van der Waals surface area contributed by atoms with E-state index in [1.54, 1.807) is 16.1 Å². The van der Waals surface area contributed by atoms with Crippen molar-refractivity contribution in [3.05, 3.63) is 30.0 Å². The zero-order valence-electron chi connectivity index (χ0n) is 21.9. The number of hydrogen-bond acceptors (Lipinski definition) is 6. The molecule has 196 valence electrons. The number of piperazine rings is 1. The lowest BCUT2D eigenvalue weighted by Crippen LogP contribution is -2.82. The molecule has 0 aromatic heterocycles. The largest absolute Gasteiger partial charge is 0.480 e. The third-order valence-electron chi connectivity index (χ3n) is 10.6. The maximum absolute atomic E-state index is 14.2. The normalized spacial score (nSPS) is 39.9. The predicted molar refractivity (Wildman–Crippen MR) is 133 cm³/mol. The molecule has 5 atom stereocenters. The molecule has 1 saturated carbocycles. The molecule has 9 heteroatoms. The SMILES string of the molecule is CN1C(=O)[C@@]23C[C@@H](O)CC(=O)N2C[C@@]12C[C@@]1(C(=O)Nc4c1ccc1c4OC=CC(C)(C)O1)C(C)(C)[C@@H]2C3. The first kappa shape index (κ1) is 23.1. The van der Waals surface area contributed by atoms with Crippen LogP contribution in [0.3, 0.4) is 0 Å². The Morgan fingerprint density at radius 2 is 1.86 bits per heavy atom. The van der Waals surface area contributed by atoms with Crippen LogP contribution in [-0.4, -0.2) is 69.0 Å². The van der Waals surface area contributed by atoms with E-state index < -0.39 is 33.6 Å². The fourth-order valence-corrected chi connectivity index (χ4v) is 8.80. The summed E-state index contributed by atoms with van der Waals surface area (Å²) in [6.45, 7) is 8.49. The van der Waals surface area contributed by atoms with E-state index in [4.69, 9.17) is 9.47 Å². The molecule has 4 saturated heterocycles. The van der Waals surface area contributed by atoms with Crippen LogP contribution in [-0.2, 0) is 19.8 Å². The quantitative estimate of drug-likeness (QED) is 0.558. The van der Waals surface area contributed by atoms with E-state index in [1.807, 2.05) is 39.1 Å². The summed E-state index contributed by atoms with van der Waals surface area (Å²) in [6.07, 6.45) is 3.71. The Kier molecular flexibility index (Phi) is 4.05.